The number of amides is 2. The van der Waals surface area contributed by atoms with E-state index in [0.717, 1.165) is 10.4 Å². The molecule has 30 heavy (non-hydrogen) atoms. The summed E-state index contributed by atoms with van der Waals surface area (Å²) in [6.07, 6.45) is 1.65. The molecule has 0 radical (unpaired) electrons. The minimum Gasteiger partial charge on any atom is -0.497 e. The minimum absolute atomic E-state index is 0.128. The zero-order valence-corrected chi connectivity index (χ0v) is 17.7. The first-order chi connectivity index (χ1) is 14.5. The monoisotopic (exact) mass is 422 g/mol. The Morgan fingerprint density at radius 1 is 1.00 bits per heavy atom. The lowest BCUT2D eigenvalue weighted by Gasteiger charge is -2.14. The normalized spacial score (nSPS) is 11.0. The van der Waals surface area contributed by atoms with Crippen molar-refractivity contribution in [1.82, 2.24) is 5.32 Å². The molecule has 0 saturated heterocycles. The summed E-state index contributed by atoms with van der Waals surface area (Å²) in [6, 6.07) is 16.0. The topological polar surface area (TPSA) is 76.7 Å². The molecule has 0 aliphatic heterocycles. The zero-order chi connectivity index (χ0) is 21.5. The van der Waals surface area contributed by atoms with Crippen LogP contribution in [0.15, 0.2) is 65.7 Å². The van der Waals surface area contributed by atoms with Gasteiger partial charge in [0.2, 0.25) is 0 Å². The SMILES string of the molecule is COc1ccc(NC(=O)/C(=C/c2cccs2)NC(=O)c2ccccc2C)c(OC)c1. The second kappa shape index (κ2) is 9.76. The molecule has 0 saturated carbocycles. The Labute approximate surface area is 179 Å². The second-order valence-electron chi connectivity index (χ2n) is 6.36. The first-order valence-electron chi connectivity index (χ1n) is 9.17. The maximum atomic E-state index is 13.0. The summed E-state index contributed by atoms with van der Waals surface area (Å²) in [5, 5.41) is 7.44. The van der Waals surface area contributed by atoms with Crippen LogP contribution >= 0.6 is 11.3 Å². The van der Waals surface area contributed by atoms with Gasteiger partial charge in [0.15, 0.2) is 0 Å². The molecule has 6 nitrogen and oxygen atoms in total. The molecule has 7 heteroatoms. The number of carbonyl (C=O) groups excluding carboxylic acids is 2. The van der Waals surface area contributed by atoms with Crippen molar-refractivity contribution in [2.45, 2.75) is 6.92 Å². The highest BCUT2D eigenvalue weighted by molar-refractivity contribution is 7.10. The largest absolute Gasteiger partial charge is 0.497 e. The molecule has 1 aromatic heterocycles. The number of ether oxygens (including phenoxy) is 2. The summed E-state index contributed by atoms with van der Waals surface area (Å²) in [7, 11) is 3.06. The lowest BCUT2D eigenvalue weighted by molar-refractivity contribution is -0.113. The Morgan fingerprint density at radius 2 is 1.80 bits per heavy atom. The van der Waals surface area contributed by atoms with Crippen molar-refractivity contribution in [2.75, 3.05) is 19.5 Å². The Kier molecular flexibility index (Phi) is 6.87. The van der Waals surface area contributed by atoms with Gasteiger partial charge in [0.1, 0.15) is 17.2 Å². The van der Waals surface area contributed by atoms with Crippen molar-refractivity contribution in [2.24, 2.45) is 0 Å². The molecule has 2 aromatic carbocycles. The van der Waals surface area contributed by atoms with Gasteiger partial charge in [0, 0.05) is 16.5 Å². The molecule has 154 valence electrons. The highest BCUT2D eigenvalue weighted by Gasteiger charge is 2.18. The molecule has 0 unspecified atom stereocenters. The number of benzene rings is 2. The van der Waals surface area contributed by atoms with Crippen LogP contribution in [0.2, 0.25) is 0 Å². The number of anilines is 1. The van der Waals surface area contributed by atoms with Crippen molar-refractivity contribution in [3.63, 3.8) is 0 Å². The smallest absolute Gasteiger partial charge is 0.272 e. The number of methoxy groups -OCH3 is 2. The minimum atomic E-state index is -0.464. The predicted molar refractivity (Wildman–Crippen MR) is 119 cm³/mol. The quantitative estimate of drug-likeness (QED) is 0.550. The van der Waals surface area contributed by atoms with Gasteiger partial charge in [0.05, 0.1) is 19.9 Å². The fourth-order valence-electron chi connectivity index (χ4n) is 2.78. The molecular weight excluding hydrogens is 400 g/mol. The molecule has 1 heterocycles. The highest BCUT2D eigenvalue weighted by Crippen LogP contribution is 2.29. The third-order valence-corrected chi connectivity index (χ3v) is 5.19. The van der Waals surface area contributed by atoms with E-state index in [1.165, 1.54) is 18.4 Å². The fraction of sp³-hybridized carbons (Fsp3) is 0.130. The number of thiophene rings is 1. The molecule has 2 N–H and O–H groups in total. The van der Waals surface area contributed by atoms with Gasteiger partial charge < -0.3 is 20.1 Å². The van der Waals surface area contributed by atoms with E-state index < -0.39 is 5.91 Å². The molecular formula is C23H22N2O4S. The molecule has 3 rings (SSSR count). The fourth-order valence-corrected chi connectivity index (χ4v) is 3.44. The molecule has 0 bridgehead atoms. The summed E-state index contributed by atoms with van der Waals surface area (Å²) >= 11 is 1.46. The van der Waals surface area contributed by atoms with Gasteiger partial charge in [-0.25, -0.2) is 0 Å². The van der Waals surface area contributed by atoms with Crippen LogP contribution in [-0.4, -0.2) is 26.0 Å². The van der Waals surface area contributed by atoms with Crippen molar-refractivity contribution in [3.8, 4) is 11.5 Å². The Morgan fingerprint density at radius 3 is 2.47 bits per heavy atom. The summed E-state index contributed by atoms with van der Waals surface area (Å²) in [4.78, 5) is 26.7. The number of hydrogen-bond donors (Lipinski definition) is 2. The summed E-state index contributed by atoms with van der Waals surface area (Å²) in [6.45, 7) is 1.85. The van der Waals surface area contributed by atoms with Gasteiger partial charge in [-0.3, -0.25) is 9.59 Å². The van der Waals surface area contributed by atoms with Crippen LogP contribution < -0.4 is 20.1 Å². The molecule has 0 atom stereocenters. The number of nitrogens with one attached hydrogen (secondary N) is 2. The van der Waals surface area contributed by atoms with Crippen LogP contribution in [0.3, 0.4) is 0 Å². The van der Waals surface area contributed by atoms with E-state index in [2.05, 4.69) is 10.6 Å². The number of carbonyl (C=O) groups is 2. The van der Waals surface area contributed by atoms with Crippen molar-refractivity contribution in [1.29, 1.82) is 0 Å². The van der Waals surface area contributed by atoms with E-state index in [9.17, 15) is 9.59 Å². The predicted octanol–water partition coefficient (Wildman–Crippen LogP) is 4.48. The maximum Gasteiger partial charge on any atom is 0.272 e. The van der Waals surface area contributed by atoms with E-state index in [0.29, 0.717) is 22.7 Å². The molecule has 0 aliphatic rings. The average Bonchev–Trinajstić information content (AvgIpc) is 3.27. The number of rotatable bonds is 7. The van der Waals surface area contributed by atoms with E-state index in [1.807, 2.05) is 36.6 Å². The van der Waals surface area contributed by atoms with E-state index >= 15 is 0 Å². The lowest BCUT2D eigenvalue weighted by atomic mass is 10.1. The first kappa shape index (κ1) is 21.1. The van der Waals surface area contributed by atoms with Crippen molar-refractivity contribution in [3.05, 3.63) is 81.7 Å². The van der Waals surface area contributed by atoms with Gasteiger partial charge in [-0.1, -0.05) is 24.3 Å². The summed E-state index contributed by atoms with van der Waals surface area (Å²) in [5.41, 5.74) is 1.92. The third-order valence-electron chi connectivity index (χ3n) is 4.37. The molecule has 0 aliphatic carbocycles. The molecule has 3 aromatic rings. The van der Waals surface area contributed by atoms with E-state index in [1.54, 1.807) is 43.5 Å². The number of hydrogen-bond acceptors (Lipinski definition) is 5. The second-order valence-corrected chi connectivity index (χ2v) is 7.34. The van der Waals surface area contributed by atoms with E-state index in [4.69, 9.17) is 9.47 Å². The van der Waals surface area contributed by atoms with Crippen LogP contribution in [0.25, 0.3) is 6.08 Å². The lowest BCUT2D eigenvalue weighted by Crippen LogP contribution is -2.31. The Bertz CT molecular complexity index is 1070. The van der Waals surface area contributed by atoms with Gasteiger partial charge >= 0.3 is 0 Å². The third kappa shape index (κ3) is 5.07. The highest BCUT2D eigenvalue weighted by atomic mass is 32.1. The standard InChI is InChI=1S/C23H22N2O4S/c1-15-7-4-5-9-18(15)22(26)25-20(14-17-8-6-12-30-17)23(27)24-19-11-10-16(28-2)13-21(19)29-3/h4-14H,1-3H3,(H,24,27)(H,25,26)/b20-14-. The molecule has 0 spiro atoms. The van der Waals surface area contributed by atoms with Crippen LogP contribution in [0.1, 0.15) is 20.8 Å². The average molecular weight is 423 g/mol. The van der Waals surface area contributed by atoms with Gasteiger partial charge in [-0.15, -0.1) is 11.3 Å². The van der Waals surface area contributed by atoms with Gasteiger partial charge in [-0.2, -0.15) is 0 Å². The van der Waals surface area contributed by atoms with Crippen molar-refractivity contribution < 1.29 is 19.1 Å². The van der Waals surface area contributed by atoms with Crippen LogP contribution in [0.4, 0.5) is 5.69 Å². The van der Waals surface area contributed by atoms with Crippen LogP contribution in [0.5, 0.6) is 11.5 Å². The summed E-state index contributed by atoms with van der Waals surface area (Å²) < 4.78 is 10.5. The Balaban J connectivity index is 1.88. The van der Waals surface area contributed by atoms with Crippen LogP contribution in [-0.2, 0) is 4.79 Å². The summed E-state index contributed by atoms with van der Waals surface area (Å²) in [5.74, 6) is 0.233. The van der Waals surface area contributed by atoms with Gasteiger partial charge in [0.25, 0.3) is 11.8 Å². The zero-order valence-electron chi connectivity index (χ0n) is 16.9. The van der Waals surface area contributed by atoms with Gasteiger partial charge in [-0.05, 0) is 48.2 Å². The molecule has 0 fully saturated rings. The van der Waals surface area contributed by atoms with Crippen LogP contribution in [0, 0.1) is 6.92 Å². The van der Waals surface area contributed by atoms with E-state index in [-0.39, 0.29) is 11.6 Å². The molecule has 2 amide bonds. The first-order valence-corrected chi connectivity index (χ1v) is 10.1. The Hall–Kier alpha value is -3.58. The number of aryl methyl sites for hydroxylation is 1. The van der Waals surface area contributed by atoms with Crippen molar-refractivity contribution >= 4 is 34.9 Å². The maximum absolute atomic E-state index is 13.0.